The highest BCUT2D eigenvalue weighted by Gasteiger charge is 2.35. The van der Waals surface area contributed by atoms with Gasteiger partial charge in [-0.15, -0.1) is 0 Å². The second kappa shape index (κ2) is 6.39. The van der Waals surface area contributed by atoms with E-state index in [1.165, 1.54) is 36.0 Å². The smallest absolute Gasteiger partial charge is 0.0739 e. The van der Waals surface area contributed by atoms with Gasteiger partial charge >= 0.3 is 0 Å². The molecule has 1 aliphatic heterocycles. The normalized spacial score (nSPS) is 27.8. The zero-order chi connectivity index (χ0) is 15.0. The summed E-state index contributed by atoms with van der Waals surface area (Å²) >= 11 is 3.74. The van der Waals surface area contributed by atoms with Crippen molar-refractivity contribution in [2.24, 2.45) is 5.92 Å². The predicted molar refractivity (Wildman–Crippen MR) is 89.3 cm³/mol. The Bertz CT molecular complexity index is 495. The number of nitrogens with one attached hydrogen (secondary N) is 1. The lowest BCUT2D eigenvalue weighted by Gasteiger charge is -2.29. The average molecular weight is 355 g/mol. The van der Waals surface area contributed by atoms with Gasteiger partial charge in [-0.1, -0.05) is 0 Å². The van der Waals surface area contributed by atoms with Crippen LogP contribution in [-0.4, -0.2) is 39.9 Å². The number of hydrogen-bond donors (Lipinski definition) is 1. The molecule has 0 radical (unpaired) electrons. The highest BCUT2D eigenvalue weighted by Crippen LogP contribution is 2.34. The topological polar surface area (TPSA) is 33.1 Å². The van der Waals surface area contributed by atoms with Crippen molar-refractivity contribution in [3.8, 4) is 0 Å². The summed E-state index contributed by atoms with van der Waals surface area (Å²) in [6.45, 7) is 10.9. The van der Waals surface area contributed by atoms with Crippen LogP contribution in [0.3, 0.4) is 0 Å². The standard InChI is InChI=1S/C16H27BrN4/c1-4-21-15(16(17)12(3)19-21)10-20-9-14(13-5-6-13)18-8-7-11(20)2/h11,13-14,18H,4-10H2,1-3H3. The zero-order valence-electron chi connectivity index (χ0n) is 13.4. The Morgan fingerprint density at radius 2 is 2.10 bits per heavy atom. The third kappa shape index (κ3) is 3.35. The lowest BCUT2D eigenvalue weighted by molar-refractivity contribution is 0.185. The Hall–Kier alpha value is -0.390. The summed E-state index contributed by atoms with van der Waals surface area (Å²) in [5.41, 5.74) is 2.43. The Kier molecular flexibility index (Phi) is 4.71. The van der Waals surface area contributed by atoms with E-state index in [2.05, 4.69) is 56.7 Å². The van der Waals surface area contributed by atoms with Gasteiger partial charge in [-0.3, -0.25) is 9.58 Å². The monoisotopic (exact) mass is 354 g/mol. The van der Waals surface area contributed by atoms with E-state index in [4.69, 9.17) is 0 Å². The van der Waals surface area contributed by atoms with Crippen LogP contribution in [0.1, 0.15) is 44.5 Å². The maximum atomic E-state index is 4.64. The van der Waals surface area contributed by atoms with Gasteiger partial charge in [-0.25, -0.2) is 0 Å². The summed E-state index contributed by atoms with van der Waals surface area (Å²) in [5.74, 6) is 0.916. The van der Waals surface area contributed by atoms with Crippen LogP contribution in [0.4, 0.5) is 0 Å². The van der Waals surface area contributed by atoms with Crippen molar-refractivity contribution < 1.29 is 0 Å². The SMILES string of the molecule is CCn1nc(C)c(Br)c1CN1CC(C2CC2)NCCC1C. The third-order valence-corrected chi connectivity index (χ3v) is 6.05. The van der Waals surface area contributed by atoms with Crippen molar-refractivity contribution in [3.63, 3.8) is 0 Å². The van der Waals surface area contributed by atoms with Crippen molar-refractivity contribution >= 4 is 15.9 Å². The van der Waals surface area contributed by atoms with E-state index in [0.29, 0.717) is 12.1 Å². The Balaban J connectivity index is 1.77. The molecule has 0 bridgehead atoms. The van der Waals surface area contributed by atoms with Crippen molar-refractivity contribution in [3.05, 3.63) is 15.9 Å². The second-order valence-electron chi connectivity index (χ2n) is 6.63. The Labute approximate surface area is 136 Å². The van der Waals surface area contributed by atoms with Crippen LogP contribution in [0.5, 0.6) is 0 Å². The number of aromatic nitrogens is 2. The van der Waals surface area contributed by atoms with E-state index in [-0.39, 0.29) is 0 Å². The molecule has 1 aliphatic carbocycles. The lowest BCUT2D eigenvalue weighted by atomic mass is 10.1. The second-order valence-corrected chi connectivity index (χ2v) is 7.42. The van der Waals surface area contributed by atoms with Gasteiger partial charge in [0, 0.05) is 31.7 Å². The molecule has 1 N–H and O–H groups in total. The van der Waals surface area contributed by atoms with Gasteiger partial charge in [-0.05, 0) is 68.4 Å². The minimum Gasteiger partial charge on any atom is -0.312 e. The molecule has 2 fully saturated rings. The molecule has 0 aromatic carbocycles. The first kappa shape index (κ1) is 15.5. The van der Waals surface area contributed by atoms with Gasteiger partial charge in [0.1, 0.15) is 0 Å². The maximum Gasteiger partial charge on any atom is 0.0739 e. The molecule has 1 aromatic rings. The number of halogens is 1. The minimum atomic E-state index is 0.633. The van der Waals surface area contributed by atoms with Crippen LogP contribution in [-0.2, 0) is 13.1 Å². The highest BCUT2D eigenvalue weighted by atomic mass is 79.9. The molecule has 21 heavy (non-hydrogen) atoms. The molecule has 2 heterocycles. The van der Waals surface area contributed by atoms with Crippen molar-refractivity contribution in [2.45, 2.75) is 65.2 Å². The number of nitrogens with zero attached hydrogens (tertiary/aromatic N) is 3. The predicted octanol–water partition coefficient (Wildman–Crippen LogP) is 2.94. The van der Waals surface area contributed by atoms with Gasteiger partial charge < -0.3 is 5.32 Å². The molecule has 118 valence electrons. The van der Waals surface area contributed by atoms with E-state index < -0.39 is 0 Å². The van der Waals surface area contributed by atoms with E-state index in [9.17, 15) is 0 Å². The maximum absolute atomic E-state index is 4.64. The van der Waals surface area contributed by atoms with Crippen LogP contribution in [0.25, 0.3) is 0 Å². The van der Waals surface area contributed by atoms with Gasteiger partial charge in [0.05, 0.1) is 15.9 Å². The minimum absolute atomic E-state index is 0.633. The summed E-state index contributed by atoms with van der Waals surface area (Å²) in [4.78, 5) is 2.65. The van der Waals surface area contributed by atoms with Crippen LogP contribution in [0.15, 0.2) is 4.47 Å². The summed E-state index contributed by atoms with van der Waals surface area (Å²) in [5, 5.41) is 8.40. The first-order valence-corrected chi connectivity index (χ1v) is 9.08. The van der Waals surface area contributed by atoms with Crippen molar-refractivity contribution in [1.29, 1.82) is 0 Å². The fraction of sp³-hybridized carbons (Fsp3) is 0.812. The van der Waals surface area contributed by atoms with Crippen LogP contribution >= 0.6 is 15.9 Å². The van der Waals surface area contributed by atoms with Crippen LogP contribution in [0, 0.1) is 12.8 Å². The molecule has 0 spiro atoms. The van der Waals surface area contributed by atoms with Gasteiger partial charge in [0.15, 0.2) is 0 Å². The molecule has 1 saturated carbocycles. The van der Waals surface area contributed by atoms with E-state index >= 15 is 0 Å². The molecule has 0 amide bonds. The molecule has 2 aliphatic rings. The van der Waals surface area contributed by atoms with Gasteiger partial charge in [0.2, 0.25) is 0 Å². The molecule has 5 heteroatoms. The highest BCUT2D eigenvalue weighted by molar-refractivity contribution is 9.10. The summed E-state index contributed by atoms with van der Waals surface area (Å²) in [7, 11) is 0. The number of aryl methyl sites for hydroxylation is 2. The molecule has 1 saturated heterocycles. The fourth-order valence-electron chi connectivity index (χ4n) is 3.40. The van der Waals surface area contributed by atoms with Crippen LogP contribution < -0.4 is 5.32 Å². The van der Waals surface area contributed by atoms with E-state index in [0.717, 1.165) is 31.2 Å². The molecule has 3 rings (SSSR count). The number of hydrogen-bond acceptors (Lipinski definition) is 3. The molecule has 4 nitrogen and oxygen atoms in total. The zero-order valence-corrected chi connectivity index (χ0v) is 15.0. The van der Waals surface area contributed by atoms with Crippen LogP contribution in [0.2, 0.25) is 0 Å². The summed E-state index contributed by atoms with van der Waals surface area (Å²) < 4.78 is 3.34. The molecule has 2 atom stereocenters. The van der Waals surface area contributed by atoms with E-state index in [1.807, 2.05) is 0 Å². The number of rotatable bonds is 4. The molecular formula is C16H27BrN4. The van der Waals surface area contributed by atoms with Crippen molar-refractivity contribution in [2.75, 3.05) is 13.1 Å². The van der Waals surface area contributed by atoms with Gasteiger partial charge in [0.25, 0.3) is 0 Å². The average Bonchev–Trinajstić information content (AvgIpc) is 3.27. The molecule has 2 unspecified atom stereocenters. The largest absolute Gasteiger partial charge is 0.312 e. The molecular weight excluding hydrogens is 328 g/mol. The quantitative estimate of drug-likeness (QED) is 0.902. The lowest BCUT2D eigenvalue weighted by Crippen LogP contribution is -2.41. The fourth-order valence-corrected chi connectivity index (χ4v) is 3.81. The summed E-state index contributed by atoms with van der Waals surface area (Å²) in [6.07, 6.45) is 4.06. The van der Waals surface area contributed by atoms with Gasteiger partial charge in [-0.2, -0.15) is 5.10 Å². The third-order valence-electron chi connectivity index (χ3n) is 5.02. The summed E-state index contributed by atoms with van der Waals surface area (Å²) in [6, 6.07) is 1.32. The van der Waals surface area contributed by atoms with E-state index in [1.54, 1.807) is 0 Å². The first-order chi connectivity index (χ1) is 10.1. The first-order valence-electron chi connectivity index (χ1n) is 8.29. The molecule has 1 aromatic heterocycles. The Morgan fingerprint density at radius 1 is 1.33 bits per heavy atom. The Morgan fingerprint density at radius 3 is 2.76 bits per heavy atom. The van der Waals surface area contributed by atoms with Crippen molar-refractivity contribution in [1.82, 2.24) is 20.0 Å².